The zero-order valence-corrected chi connectivity index (χ0v) is 23.2. The first kappa shape index (κ1) is 29.2. The Balaban J connectivity index is 0.000000192. The Hall–Kier alpha value is -4.33. The summed E-state index contributed by atoms with van der Waals surface area (Å²) in [6, 6.07) is 40.4. The second-order valence-electron chi connectivity index (χ2n) is 8.62. The van der Waals surface area contributed by atoms with Crippen molar-refractivity contribution >= 4 is 39.6 Å². The molecule has 5 aromatic rings. The van der Waals surface area contributed by atoms with Gasteiger partial charge in [0.25, 0.3) is 0 Å². The Morgan fingerprint density at radius 2 is 1.05 bits per heavy atom. The number of nitrogen functional groups attached to an aromatic ring is 1. The third-order valence-corrected chi connectivity index (χ3v) is 6.43. The maximum Gasteiger partial charge on any atom is 0.180 e. The van der Waals surface area contributed by atoms with Crippen molar-refractivity contribution in [1.82, 2.24) is 4.98 Å². The number of nitrogens with zero attached hydrogens (tertiary/aromatic N) is 1. The second kappa shape index (κ2) is 15.8. The van der Waals surface area contributed by atoms with Crippen LogP contribution in [0.25, 0.3) is 10.4 Å². The number of carbonyl (C=O) groups excluding carboxylic acids is 1. The molecular formula is C32H32N4OS2. The summed E-state index contributed by atoms with van der Waals surface area (Å²) >= 11 is 5.65. The van der Waals surface area contributed by atoms with Crippen LogP contribution in [-0.2, 0) is 24.1 Å². The van der Waals surface area contributed by atoms with E-state index in [9.17, 15) is 4.79 Å². The molecule has 1 heterocycles. The number of hydrogen-bond acceptors (Lipinski definition) is 5. The maximum atomic E-state index is 11.8. The van der Waals surface area contributed by atoms with E-state index in [0.717, 1.165) is 23.2 Å². The Morgan fingerprint density at radius 1 is 0.667 bits per heavy atom. The molecule has 5 rings (SSSR count). The van der Waals surface area contributed by atoms with Crippen molar-refractivity contribution in [3.05, 3.63) is 144 Å². The van der Waals surface area contributed by atoms with Gasteiger partial charge in [0, 0.05) is 19.3 Å². The molecule has 0 saturated carbocycles. The molecule has 0 amide bonds. The third kappa shape index (κ3) is 10.9. The Bertz CT molecular complexity index is 1380. The number of aromatic nitrogens is 1. The highest BCUT2D eigenvalue weighted by molar-refractivity contribution is 7.80. The molecular weight excluding hydrogens is 521 g/mol. The number of nitrogens with two attached hydrogens (primary N) is 3. The van der Waals surface area contributed by atoms with E-state index in [0.29, 0.717) is 18.0 Å². The van der Waals surface area contributed by atoms with Crippen molar-refractivity contribution in [2.75, 3.05) is 5.73 Å². The largest absolute Gasteiger partial charge is 0.377 e. The average Bonchev–Trinajstić information content (AvgIpc) is 3.30. The van der Waals surface area contributed by atoms with Crippen LogP contribution >= 0.6 is 23.6 Å². The summed E-state index contributed by atoms with van der Waals surface area (Å²) in [6.45, 7) is 0. The van der Waals surface area contributed by atoms with Crippen LogP contribution in [0.2, 0.25) is 0 Å². The number of Topliss-reactive ketones (excluding diaryl/α,β-unsaturated/α-hetero) is 1. The topological polar surface area (TPSA) is 108 Å². The van der Waals surface area contributed by atoms with Gasteiger partial charge in [0.05, 0.1) is 10.6 Å². The number of benzene rings is 4. The molecule has 0 atom stereocenters. The van der Waals surface area contributed by atoms with Gasteiger partial charge in [-0.25, -0.2) is 4.98 Å². The molecule has 0 radical (unpaired) electrons. The van der Waals surface area contributed by atoms with Crippen molar-refractivity contribution < 1.29 is 4.79 Å². The lowest BCUT2D eigenvalue weighted by Crippen LogP contribution is -2.18. The van der Waals surface area contributed by atoms with Gasteiger partial charge in [-0.2, -0.15) is 0 Å². The number of thiazole rings is 1. The number of hydrogen-bond donors (Lipinski definition) is 3. The van der Waals surface area contributed by atoms with E-state index in [4.69, 9.17) is 5.73 Å². The van der Waals surface area contributed by atoms with Crippen LogP contribution in [-0.4, -0.2) is 15.9 Å². The van der Waals surface area contributed by atoms with Crippen LogP contribution in [0.1, 0.15) is 22.4 Å². The minimum absolute atomic E-state index is 0.000000000000000222. The van der Waals surface area contributed by atoms with Gasteiger partial charge in [0.2, 0.25) is 0 Å². The second-order valence-corrected chi connectivity index (χ2v) is 10.1. The predicted octanol–water partition coefficient (Wildman–Crippen LogP) is 6.21. The summed E-state index contributed by atoms with van der Waals surface area (Å²) < 4.78 is 0. The van der Waals surface area contributed by atoms with E-state index in [1.807, 2.05) is 97.1 Å². The van der Waals surface area contributed by atoms with Gasteiger partial charge in [-0.05, 0) is 34.5 Å². The van der Waals surface area contributed by atoms with Gasteiger partial charge < -0.3 is 17.2 Å². The highest BCUT2D eigenvalue weighted by Crippen LogP contribution is 2.32. The summed E-state index contributed by atoms with van der Waals surface area (Å²) in [6.07, 6.45) is 1.87. The van der Waals surface area contributed by atoms with Crippen molar-refractivity contribution in [3.8, 4) is 10.4 Å². The molecule has 0 aliphatic carbocycles. The summed E-state index contributed by atoms with van der Waals surface area (Å²) in [5, 5.41) is 0.629. The summed E-state index contributed by atoms with van der Waals surface area (Å²) in [4.78, 5) is 17.4. The molecule has 0 fully saturated rings. The van der Waals surface area contributed by atoms with Gasteiger partial charge >= 0.3 is 0 Å². The minimum Gasteiger partial charge on any atom is -0.377 e. The first-order chi connectivity index (χ1) is 18.9. The molecule has 1 aromatic heterocycles. The van der Waals surface area contributed by atoms with Gasteiger partial charge in [0.15, 0.2) is 10.2 Å². The number of carbonyl (C=O) groups is 1. The Labute approximate surface area is 239 Å². The fraction of sp³-hybridized carbons (Fsp3) is 0.0938. The normalized spacial score (nSPS) is 9.85. The minimum atomic E-state index is 0.000000000000000222. The molecule has 39 heavy (non-hydrogen) atoms. The average molecular weight is 553 g/mol. The SMILES string of the molecule is NC(N)=S.Nc1nc(Cc2ccccc2)c(-c2ccccc2)s1.O=C(Cc1ccccc1)Cc1ccccc1. The molecule has 5 nitrogen and oxygen atoms in total. The quantitative estimate of drug-likeness (QED) is 0.207. The molecule has 0 spiro atoms. The van der Waals surface area contributed by atoms with Crippen molar-refractivity contribution in [3.63, 3.8) is 0 Å². The fourth-order valence-electron chi connectivity index (χ4n) is 3.80. The predicted molar refractivity (Wildman–Crippen MR) is 167 cm³/mol. The van der Waals surface area contributed by atoms with Crippen molar-refractivity contribution in [2.24, 2.45) is 11.5 Å². The first-order valence-electron chi connectivity index (χ1n) is 12.4. The maximum absolute atomic E-state index is 11.8. The highest BCUT2D eigenvalue weighted by Gasteiger charge is 2.12. The molecule has 7 heteroatoms. The fourth-order valence-corrected chi connectivity index (χ4v) is 4.66. The molecule has 0 aliphatic heterocycles. The van der Waals surface area contributed by atoms with Crippen molar-refractivity contribution in [1.29, 1.82) is 0 Å². The number of ketones is 1. The first-order valence-corrected chi connectivity index (χ1v) is 13.6. The third-order valence-electron chi connectivity index (χ3n) is 5.45. The standard InChI is InChI=1S/C16H14N2S.C15H14O.CH4N2S/c17-16-18-14(11-12-7-3-1-4-8-12)15(19-16)13-9-5-2-6-10-13;16-15(11-13-7-3-1-4-8-13)12-14-9-5-2-6-10-14;2-1(3)4/h1-10H,11H2,(H2,17,18);1-10H,11-12H2;(H4,2,3,4). The lowest BCUT2D eigenvalue weighted by molar-refractivity contribution is -0.117. The molecule has 0 saturated heterocycles. The van der Waals surface area contributed by atoms with E-state index in [-0.39, 0.29) is 10.9 Å². The molecule has 4 aromatic carbocycles. The van der Waals surface area contributed by atoms with Crippen LogP contribution in [0.3, 0.4) is 0 Å². The molecule has 0 aliphatic rings. The molecule has 0 unspecified atom stereocenters. The van der Waals surface area contributed by atoms with Gasteiger partial charge in [-0.15, -0.1) is 0 Å². The lowest BCUT2D eigenvalue weighted by atomic mass is 10.0. The molecule has 198 valence electrons. The zero-order valence-electron chi connectivity index (χ0n) is 21.6. The van der Waals surface area contributed by atoms with E-state index in [1.54, 1.807) is 11.3 Å². The Kier molecular flexibility index (Phi) is 11.9. The number of rotatable bonds is 7. The van der Waals surface area contributed by atoms with Gasteiger partial charge in [0.1, 0.15) is 5.78 Å². The van der Waals surface area contributed by atoms with Gasteiger partial charge in [-0.3, -0.25) is 4.79 Å². The van der Waals surface area contributed by atoms with Crippen molar-refractivity contribution in [2.45, 2.75) is 19.3 Å². The van der Waals surface area contributed by atoms with E-state index in [1.165, 1.54) is 16.0 Å². The summed E-state index contributed by atoms with van der Waals surface area (Å²) in [5.74, 6) is 0.261. The summed E-state index contributed by atoms with van der Waals surface area (Å²) in [5.41, 5.74) is 20.8. The monoisotopic (exact) mass is 552 g/mol. The lowest BCUT2D eigenvalue weighted by Gasteiger charge is -2.02. The number of anilines is 1. The highest BCUT2D eigenvalue weighted by atomic mass is 32.1. The van der Waals surface area contributed by atoms with Crippen LogP contribution in [0.15, 0.2) is 121 Å². The summed E-state index contributed by atoms with van der Waals surface area (Å²) in [7, 11) is 0. The van der Waals surface area contributed by atoms with Crippen LogP contribution in [0, 0.1) is 0 Å². The van der Waals surface area contributed by atoms with Crippen LogP contribution < -0.4 is 17.2 Å². The van der Waals surface area contributed by atoms with Gasteiger partial charge in [-0.1, -0.05) is 133 Å². The van der Waals surface area contributed by atoms with Crippen LogP contribution in [0.4, 0.5) is 5.13 Å². The Morgan fingerprint density at radius 3 is 1.49 bits per heavy atom. The molecule has 6 N–H and O–H groups in total. The number of thiocarbonyl (C=S) groups is 1. The van der Waals surface area contributed by atoms with E-state index in [2.05, 4.69) is 52.9 Å². The molecule has 0 bridgehead atoms. The van der Waals surface area contributed by atoms with Crippen LogP contribution in [0.5, 0.6) is 0 Å². The van der Waals surface area contributed by atoms with E-state index >= 15 is 0 Å². The van der Waals surface area contributed by atoms with E-state index < -0.39 is 0 Å². The zero-order chi connectivity index (χ0) is 27.9. The smallest absolute Gasteiger partial charge is 0.180 e.